The summed E-state index contributed by atoms with van der Waals surface area (Å²) in [6, 6.07) is 0. The average Bonchev–Trinajstić information content (AvgIpc) is 2.24. The number of nitrogens with one attached hydrogen (secondary N) is 1. The molecule has 0 aromatic rings. The smallest absolute Gasteiger partial charge is 0.158 e. The molecule has 8 heavy (non-hydrogen) atoms. The van der Waals surface area contributed by atoms with Crippen molar-refractivity contribution in [1.29, 1.82) is 0 Å². The second kappa shape index (κ2) is 4.50. The molecular weight excluding hydrogens is 102 g/mol. The van der Waals surface area contributed by atoms with E-state index in [-0.39, 0.29) is 0 Å². The summed E-state index contributed by atoms with van der Waals surface area (Å²) in [6.45, 7) is 6.61. The molecule has 0 bridgehead atoms. The van der Waals surface area contributed by atoms with Crippen molar-refractivity contribution >= 4 is 0 Å². The predicted molar refractivity (Wildman–Crippen MR) is 34.2 cm³/mol. The van der Waals surface area contributed by atoms with Crippen LogP contribution in [-0.4, -0.2) is 6.73 Å². The molecule has 0 radical (unpaired) electrons. The second-order valence-electron chi connectivity index (χ2n) is 1.29. The van der Waals surface area contributed by atoms with Gasteiger partial charge in [-0.2, -0.15) is 0 Å². The molecule has 2 heteroatoms. The molecule has 48 valence electrons. The van der Waals surface area contributed by atoms with Crippen LogP contribution in [0.1, 0.15) is 20.8 Å². The number of allylic oxidation sites excluding steroid dienone is 1. The molecule has 0 aromatic heterocycles. The Morgan fingerprint density at radius 1 is 1.62 bits per heavy atom. The Hall–Kier alpha value is -0.660. The van der Waals surface area contributed by atoms with Crippen molar-refractivity contribution < 1.29 is 4.74 Å². The van der Waals surface area contributed by atoms with Crippen molar-refractivity contribution in [3.05, 3.63) is 12.0 Å². The highest BCUT2D eigenvalue weighted by Crippen LogP contribution is 1.92. The third-order valence-corrected chi connectivity index (χ3v) is 0.694. The van der Waals surface area contributed by atoms with Crippen LogP contribution in [0.15, 0.2) is 12.0 Å². The lowest BCUT2D eigenvalue weighted by Crippen LogP contribution is -2.04. The fourth-order valence-electron chi connectivity index (χ4n) is 0.364. The highest BCUT2D eigenvalue weighted by Gasteiger charge is 1.92. The van der Waals surface area contributed by atoms with Crippen molar-refractivity contribution in [3.63, 3.8) is 0 Å². The van der Waals surface area contributed by atoms with Gasteiger partial charge in [0.05, 0.1) is 0 Å². The van der Waals surface area contributed by atoms with E-state index in [4.69, 9.17) is 4.74 Å². The molecule has 0 spiro atoms. The van der Waals surface area contributed by atoms with E-state index in [0.29, 0.717) is 6.73 Å². The first-order chi connectivity index (χ1) is 3.89. The van der Waals surface area contributed by atoms with Crippen LogP contribution in [0.5, 0.6) is 0 Å². The molecule has 1 aliphatic rings. The van der Waals surface area contributed by atoms with Crippen LogP contribution >= 0.6 is 0 Å². The Balaban J connectivity index is 0.000000222. The van der Waals surface area contributed by atoms with Crippen LogP contribution in [0, 0.1) is 0 Å². The Kier molecular flexibility index (Phi) is 4.13. The summed E-state index contributed by atoms with van der Waals surface area (Å²) < 4.78 is 4.78. The van der Waals surface area contributed by atoms with E-state index >= 15 is 0 Å². The van der Waals surface area contributed by atoms with Crippen molar-refractivity contribution in [2.75, 3.05) is 6.73 Å². The van der Waals surface area contributed by atoms with Gasteiger partial charge in [-0.15, -0.1) is 0 Å². The van der Waals surface area contributed by atoms with E-state index < -0.39 is 0 Å². The van der Waals surface area contributed by atoms with Crippen molar-refractivity contribution in [2.24, 2.45) is 0 Å². The zero-order valence-corrected chi connectivity index (χ0v) is 5.69. The molecule has 1 aliphatic heterocycles. The highest BCUT2D eigenvalue weighted by molar-refractivity contribution is 4.92. The van der Waals surface area contributed by atoms with Crippen molar-refractivity contribution in [1.82, 2.24) is 5.32 Å². The molecule has 1 N–H and O–H groups in total. The fraction of sp³-hybridized carbons (Fsp3) is 0.667. The summed E-state index contributed by atoms with van der Waals surface area (Å²) in [4.78, 5) is 0. The van der Waals surface area contributed by atoms with Crippen LogP contribution in [0.4, 0.5) is 0 Å². The molecule has 0 unspecified atom stereocenters. The van der Waals surface area contributed by atoms with Gasteiger partial charge >= 0.3 is 0 Å². The molecule has 1 rings (SSSR count). The molecular formula is C6H13NO. The van der Waals surface area contributed by atoms with Crippen LogP contribution in [0.2, 0.25) is 0 Å². The molecule has 0 aromatic carbocycles. The summed E-state index contributed by atoms with van der Waals surface area (Å²) in [5.74, 6) is 0. The maximum atomic E-state index is 4.78. The van der Waals surface area contributed by atoms with Gasteiger partial charge in [-0.1, -0.05) is 13.8 Å². The largest absolute Gasteiger partial charge is 0.479 e. The summed E-state index contributed by atoms with van der Waals surface area (Å²) in [5.41, 5.74) is 1.11. The quantitative estimate of drug-likeness (QED) is 0.516. The van der Waals surface area contributed by atoms with Crippen molar-refractivity contribution in [2.45, 2.75) is 20.8 Å². The standard InChI is InChI=1S/C4H7NO.C2H6/c1-4-2-6-3-5-4;1-2/h2,5H,3H2,1H3;1-2H3. The molecule has 1 heterocycles. The zero-order chi connectivity index (χ0) is 6.41. The van der Waals surface area contributed by atoms with Gasteiger partial charge in [-0.3, -0.25) is 0 Å². The average molecular weight is 115 g/mol. The lowest BCUT2D eigenvalue weighted by molar-refractivity contribution is 0.267. The summed E-state index contributed by atoms with van der Waals surface area (Å²) in [6.07, 6.45) is 1.71. The van der Waals surface area contributed by atoms with E-state index in [0.717, 1.165) is 5.70 Å². The first kappa shape index (κ1) is 7.34. The maximum absolute atomic E-state index is 4.78. The van der Waals surface area contributed by atoms with Gasteiger partial charge in [0.15, 0.2) is 6.73 Å². The third-order valence-electron chi connectivity index (χ3n) is 0.694. The van der Waals surface area contributed by atoms with E-state index in [1.165, 1.54) is 0 Å². The van der Waals surface area contributed by atoms with Gasteiger partial charge in [0.2, 0.25) is 0 Å². The molecule has 0 saturated heterocycles. The first-order valence-corrected chi connectivity index (χ1v) is 2.92. The van der Waals surface area contributed by atoms with E-state index in [2.05, 4.69) is 5.32 Å². The SMILES string of the molecule is CC.CC1=COCN1. The Labute approximate surface area is 50.5 Å². The minimum atomic E-state index is 0.645. The molecule has 0 aliphatic carbocycles. The third kappa shape index (κ3) is 2.50. The van der Waals surface area contributed by atoms with Gasteiger partial charge in [0, 0.05) is 5.70 Å². The lowest BCUT2D eigenvalue weighted by Gasteiger charge is -1.86. The molecule has 0 saturated carbocycles. The zero-order valence-electron chi connectivity index (χ0n) is 5.69. The summed E-state index contributed by atoms with van der Waals surface area (Å²) in [7, 11) is 0. The lowest BCUT2D eigenvalue weighted by atomic mass is 10.6. The molecule has 0 atom stereocenters. The normalized spacial score (nSPS) is 14.6. The van der Waals surface area contributed by atoms with E-state index in [1.54, 1.807) is 6.26 Å². The van der Waals surface area contributed by atoms with Crippen LogP contribution in [-0.2, 0) is 4.74 Å². The number of ether oxygens (including phenoxy) is 1. The Morgan fingerprint density at radius 2 is 2.25 bits per heavy atom. The topological polar surface area (TPSA) is 21.3 Å². The van der Waals surface area contributed by atoms with Gasteiger partial charge in [0.25, 0.3) is 0 Å². The van der Waals surface area contributed by atoms with Crippen LogP contribution < -0.4 is 5.32 Å². The molecule has 0 amide bonds. The van der Waals surface area contributed by atoms with Gasteiger partial charge < -0.3 is 10.1 Å². The fourth-order valence-corrected chi connectivity index (χ4v) is 0.364. The maximum Gasteiger partial charge on any atom is 0.158 e. The minimum Gasteiger partial charge on any atom is -0.479 e. The molecule has 0 fully saturated rings. The predicted octanol–water partition coefficient (Wildman–Crippen LogP) is 1.45. The van der Waals surface area contributed by atoms with E-state index in [1.807, 2.05) is 20.8 Å². The monoisotopic (exact) mass is 115 g/mol. The number of hydrogen-bond donors (Lipinski definition) is 1. The number of rotatable bonds is 0. The Morgan fingerprint density at radius 3 is 2.38 bits per heavy atom. The molecule has 2 nitrogen and oxygen atoms in total. The van der Waals surface area contributed by atoms with Gasteiger partial charge in [-0.25, -0.2) is 0 Å². The number of hydrogen-bond acceptors (Lipinski definition) is 2. The van der Waals surface area contributed by atoms with Crippen molar-refractivity contribution in [3.8, 4) is 0 Å². The summed E-state index contributed by atoms with van der Waals surface area (Å²) >= 11 is 0. The van der Waals surface area contributed by atoms with Gasteiger partial charge in [-0.05, 0) is 6.92 Å². The Bertz CT molecular complexity index is 78.6. The van der Waals surface area contributed by atoms with E-state index in [9.17, 15) is 0 Å². The van der Waals surface area contributed by atoms with Crippen LogP contribution in [0.3, 0.4) is 0 Å². The first-order valence-electron chi connectivity index (χ1n) is 2.92. The van der Waals surface area contributed by atoms with Crippen LogP contribution in [0.25, 0.3) is 0 Å². The highest BCUT2D eigenvalue weighted by atomic mass is 16.5. The second-order valence-corrected chi connectivity index (χ2v) is 1.29. The summed E-state index contributed by atoms with van der Waals surface area (Å²) in [5, 5.41) is 2.96. The van der Waals surface area contributed by atoms with Gasteiger partial charge in [0.1, 0.15) is 6.26 Å². The minimum absolute atomic E-state index is 0.645.